The molecule has 5 nitrogen and oxygen atoms in total. The van der Waals surface area contributed by atoms with Gasteiger partial charge in [0.25, 0.3) is 0 Å². The molecule has 0 saturated carbocycles. The van der Waals surface area contributed by atoms with Gasteiger partial charge in [0.2, 0.25) is 10.0 Å². The molecular weight excluding hydrogens is 308 g/mol. The average molecular weight is 326 g/mol. The van der Waals surface area contributed by atoms with Gasteiger partial charge in [-0.3, -0.25) is 0 Å². The number of ether oxygens (including phenoxy) is 1. The summed E-state index contributed by atoms with van der Waals surface area (Å²) in [5.41, 5.74) is 1.82. The predicted octanol–water partition coefficient (Wildman–Crippen LogP) is 2.30. The van der Waals surface area contributed by atoms with Crippen LogP contribution in [0.5, 0.6) is 5.75 Å². The summed E-state index contributed by atoms with van der Waals surface area (Å²) >= 11 is 1.53. The van der Waals surface area contributed by atoms with Crippen LogP contribution in [0.3, 0.4) is 0 Å². The summed E-state index contributed by atoms with van der Waals surface area (Å²) in [6.45, 7) is 1.98. The Labute approximate surface area is 129 Å². The van der Waals surface area contributed by atoms with E-state index in [1.54, 1.807) is 14.0 Å². The number of nitrogens with one attached hydrogen (secondary N) is 1. The molecule has 0 aliphatic rings. The van der Waals surface area contributed by atoms with Crippen molar-refractivity contribution in [1.29, 1.82) is 0 Å². The molecule has 21 heavy (non-hydrogen) atoms. The van der Waals surface area contributed by atoms with E-state index < -0.39 is 10.0 Å². The minimum atomic E-state index is -3.14. The third kappa shape index (κ3) is 4.26. The molecule has 0 unspecified atom stereocenters. The van der Waals surface area contributed by atoms with Crippen LogP contribution in [0.4, 0.5) is 0 Å². The maximum atomic E-state index is 11.4. The van der Waals surface area contributed by atoms with Crippen molar-refractivity contribution in [1.82, 2.24) is 9.71 Å². The number of para-hydroxylation sites is 1. The predicted molar refractivity (Wildman–Crippen MR) is 85.3 cm³/mol. The number of aromatic nitrogens is 1. The second-order valence-electron chi connectivity index (χ2n) is 4.39. The van der Waals surface area contributed by atoms with Crippen molar-refractivity contribution < 1.29 is 13.2 Å². The molecule has 7 heteroatoms. The molecule has 0 atom stereocenters. The molecule has 0 radical (unpaired) electrons. The van der Waals surface area contributed by atoms with Gasteiger partial charge in [-0.25, -0.2) is 18.1 Å². The van der Waals surface area contributed by atoms with Crippen LogP contribution in [0.1, 0.15) is 12.6 Å². The van der Waals surface area contributed by atoms with Crippen LogP contribution in [0.2, 0.25) is 0 Å². The quantitative estimate of drug-likeness (QED) is 0.848. The zero-order valence-corrected chi connectivity index (χ0v) is 13.6. The van der Waals surface area contributed by atoms with E-state index in [0.717, 1.165) is 22.0 Å². The first-order valence-electron chi connectivity index (χ1n) is 6.61. The number of benzene rings is 1. The third-order valence-corrected chi connectivity index (χ3v) is 5.30. The van der Waals surface area contributed by atoms with Gasteiger partial charge in [-0.15, -0.1) is 11.3 Å². The van der Waals surface area contributed by atoms with E-state index in [1.165, 1.54) is 11.3 Å². The first kappa shape index (κ1) is 15.9. The Balaban J connectivity index is 2.05. The lowest BCUT2D eigenvalue weighted by Crippen LogP contribution is -2.27. The molecule has 0 aliphatic heterocycles. The van der Waals surface area contributed by atoms with Crippen molar-refractivity contribution in [3.8, 4) is 16.3 Å². The van der Waals surface area contributed by atoms with Gasteiger partial charge in [0.15, 0.2) is 0 Å². The fraction of sp³-hybridized carbons (Fsp3) is 0.357. The molecule has 114 valence electrons. The van der Waals surface area contributed by atoms with Crippen LogP contribution in [-0.2, 0) is 16.4 Å². The van der Waals surface area contributed by atoms with E-state index in [0.29, 0.717) is 13.0 Å². The van der Waals surface area contributed by atoms with Crippen LogP contribution >= 0.6 is 11.3 Å². The van der Waals surface area contributed by atoms with Gasteiger partial charge in [0.1, 0.15) is 10.8 Å². The summed E-state index contributed by atoms with van der Waals surface area (Å²) in [5, 5.41) is 2.82. The van der Waals surface area contributed by atoms with Crippen LogP contribution in [0.15, 0.2) is 29.6 Å². The number of nitrogens with zero attached hydrogens (tertiary/aromatic N) is 1. The smallest absolute Gasteiger partial charge is 0.211 e. The maximum Gasteiger partial charge on any atom is 0.211 e. The molecule has 2 rings (SSSR count). The molecule has 0 bridgehead atoms. The van der Waals surface area contributed by atoms with E-state index in [1.807, 2.05) is 29.6 Å². The van der Waals surface area contributed by atoms with E-state index in [9.17, 15) is 8.42 Å². The average Bonchev–Trinajstić information content (AvgIpc) is 2.95. The number of thiazole rings is 1. The highest BCUT2D eigenvalue weighted by Crippen LogP contribution is 2.31. The Bertz CT molecular complexity index is 696. The van der Waals surface area contributed by atoms with Gasteiger partial charge in [0.05, 0.1) is 24.1 Å². The molecule has 1 heterocycles. The Hall–Kier alpha value is -1.44. The SMILES string of the molecule is CCS(=O)(=O)NCCc1csc(-c2ccccc2OC)n1. The van der Waals surface area contributed by atoms with E-state index in [-0.39, 0.29) is 5.75 Å². The Morgan fingerprint density at radius 2 is 2.10 bits per heavy atom. The topological polar surface area (TPSA) is 68.3 Å². The van der Waals surface area contributed by atoms with Gasteiger partial charge in [-0.1, -0.05) is 12.1 Å². The molecule has 0 aliphatic carbocycles. The monoisotopic (exact) mass is 326 g/mol. The summed E-state index contributed by atoms with van der Waals surface area (Å²) in [5.74, 6) is 0.876. The minimum Gasteiger partial charge on any atom is -0.496 e. The summed E-state index contributed by atoms with van der Waals surface area (Å²) in [6.07, 6.45) is 0.574. The summed E-state index contributed by atoms with van der Waals surface area (Å²) in [7, 11) is -1.51. The van der Waals surface area contributed by atoms with Crippen LogP contribution in [0, 0.1) is 0 Å². The third-order valence-electron chi connectivity index (χ3n) is 2.97. The van der Waals surface area contributed by atoms with Crippen molar-refractivity contribution in [2.75, 3.05) is 19.4 Å². The fourth-order valence-electron chi connectivity index (χ4n) is 1.80. The van der Waals surface area contributed by atoms with Gasteiger partial charge < -0.3 is 4.74 Å². The summed E-state index contributed by atoms with van der Waals surface area (Å²) in [6, 6.07) is 7.71. The lowest BCUT2D eigenvalue weighted by Gasteiger charge is -2.04. The van der Waals surface area contributed by atoms with Gasteiger partial charge in [0, 0.05) is 18.3 Å². The molecule has 0 amide bonds. The second-order valence-corrected chi connectivity index (χ2v) is 7.35. The van der Waals surface area contributed by atoms with Crippen LogP contribution in [0.25, 0.3) is 10.6 Å². The molecule has 2 aromatic rings. The highest BCUT2D eigenvalue weighted by molar-refractivity contribution is 7.89. The Morgan fingerprint density at radius 1 is 1.33 bits per heavy atom. The Morgan fingerprint density at radius 3 is 2.81 bits per heavy atom. The fourth-order valence-corrected chi connectivity index (χ4v) is 3.30. The molecule has 0 spiro atoms. The highest BCUT2D eigenvalue weighted by Gasteiger charge is 2.10. The second kappa shape index (κ2) is 7.02. The summed E-state index contributed by atoms with van der Waals surface area (Å²) < 4.78 is 30.6. The first-order chi connectivity index (χ1) is 10.1. The van der Waals surface area contributed by atoms with E-state index in [4.69, 9.17) is 4.74 Å². The number of sulfonamides is 1. The van der Waals surface area contributed by atoms with Gasteiger partial charge in [-0.05, 0) is 19.1 Å². The molecular formula is C14H18N2O3S2. The highest BCUT2D eigenvalue weighted by atomic mass is 32.2. The molecule has 0 fully saturated rings. The maximum absolute atomic E-state index is 11.4. The van der Waals surface area contributed by atoms with Crippen molar-refractivity contribution >= 4 is 21.4 Å². The lowest BCUT2D eigenvalue weighted by molar-refractivity contribution is 0.416. The van der Waals surface area contributed by atoms with Crippen LogP contribution in [-0.4, -0.2) is 32.8 Å². The first-order valence-corrected chi connectivity index (χ1v) is 9.14. The van der Waals surface area contributed by atoms with E-state index in [2.05, 4.69) is 9.71 Å². The zero-order valence-electron chi connectivity index (χ0n) is 12.0. The number of rotatable bonds is 7. The standard InChI is InChI=1S/C14H18N2O3S2/c1-3-21(17,18)15-9-8-11-10-20-14(16-11)12-6-4-5-7-13(12)19-2/h4-7,10,15H,3,8-9H2,1-2H3. The lowest BCUT2D eigenvalue weighted by atomic mass is 10.2. The number of hydrogen-bond donors (Lipinski definition) is 1. The number of methoxy groups -OCH3 is 1. The van der Waals surface area contributed by atoms with Crippen molar-refractivity contribution in [2.45, 2.75) is 13.3 Å². The minimum absolute atomic E-state index is 0.0938. The molecule has 1 aromatic heterocycles. The summed E-state index contributed by atoms with van der Waals surface area (Å²) in [4.78, 5) is 4.54. The van der Waals surface area contributed by atoms with Crippen LogP contribution < -0.4 is 9.46 Å². The van der Waals surface area contributed by atoms with Gasteiger partial charge in [-0.2, -0.15) is 0 Å². The van der Waals surface area contributed by atoms with Gasteiger partial charge >= 0.3 is 0 Å². The van der Waals surface area contributed by atoms with E-state index >= 15 is 0 Å². The van der Waals surface area contributed by atoms with Crippen molar-refractivity contribution in [3.05, 3.63) is 35.3 Å². The molecule has 0 saturated heterocycles. The molecule has 1 aromatic carbocycles. The number of hydrogen-bond acceptors (Lipinski definition) is 5. The Kier molecular flexibility index (Phi) is 5.33. The van der Waals surface area contributed by atoms with Crippen molar-refractivity contribution in [2.24, 2.45) is 0 Å². The normalized spacial score (nSPS) is 11.5. The molecule has 1 N–H and O–H groups in total. The van der Waals surface area contributed by atoms with Crippen molar-refractivity contribution in [3.63, 3.8) is 0 Å². The largest absolute Gasteiger partial charge is 0.496 e. The zero-order chi connectivity index (χ0) is 15.3.